The van der Waals surface area contributed by atoms with Crippen molar-refractivity contribution in [2.75, 3.05) is 13.5 Å². The third kappa shape index (κ3) is 12.4. The molecular formula is C22H39N3O5. The van der Waals surface area contributed by atoms with Crippen LogP contribution in [0.1, 0.15) is 96.0 Å². The number of cyclic esters (lactones) is 1. The Morgan fingerprint density at radius 2 is 1.73 bits per heavy atom. The lowest BCUT2D eigenvalue weighted by Crippen LogP contribution is -2.45. The van der Waals surface area contributed by atoms with E-state index in [1.807, 2.05) is 0 Å². The van der Waals surface area contributed by atoms with Crippen LogP contribution in [0.25, 0.3) is 0 Å². The first-order valence-electron chi connectivity index (χ1n) is 12.4. The van der Waals surface area contributed by atoms with Crippen LogP contribution in [-0.4, -0.2) is 54.1 Å². The fraction of sp³-hybridized carbons (Fsp3) is 0.818. The number of likely N-dealkylation sites (N-methyl/N-ethyl adjacent to an activating group) is 1. The molecular weight excluding hydrogens is 386 g/mol. The largest absolute Gasteiger partial charge is 0.461 e. The summed E-state index contributed by atoms with van der Waals surface area (Å²) in [6.45, 7) is 3.09. The van der Waals surface area contributed by atoms with Gasteiger partial charge in [0.25, 0.3) is 0 Å². The van der Waals surface area contributed by atoms with Crippen LogP contribution in [0.3, 0.4) is 0 Å². The molecule has 1 aliphatic heterocycles. The molecule has 0 aliphatic carbocycles. The minimum absolute atomic E-state index is 0.143. The molecule has 30 heavy (non-hydrogen) atoms. The van der Waals surface area contributed by atoms with E-state index >= 15 is 0 Å². The zero-order valence-corrected chi connectivity index (χ0v) is 18.8. The molecule has 172 valence electrons. The van der Waals surface area contributed by atoms with Gasteiger partial charge in [0.1, 0.15) is 12.1 Å². The number of ether oxygens (including phenoxy) is 2. The SMILES string of the molecule is [2H]C([2H])([2H])N1CC(=O)OC(C)CCCCCCCCCCC(=O)N/C1=N/C(=O)OC(C)(C)C. The third-order valence-corrected chi connectivity index (χ3v) is 4.48. The maximum atomic E-state index is 12.5. The van der Waals surface area contributed by atoms with Gasteiger partial charge in [0.05, 0.1) is 6.10 Å². The molecule has 0 aromatic heterocycles. The molecule has 1 saturated heterocycles. The number of esters is 1. The lowest BCUT2D eigenvalue weighted by molar-refractivity contribution is -0.148. The molecule has 8 nitrogen and oxygen atoms in total. The average Bonchev–Trinajstić information content (AvgIpc) is 2.64. The fourth-order valence-electron chi connectivity index (χ4n) is 3.02. The number of hydrogen-bond acceptors (Lipinski definition) is 5. The van der Waals surface area contributed by atoms with Crippen molar-refractivity contribution in [3.8, 4) is 0 Å². The van der Waals surface area contributed by atoms with Crippen molar-refractivity contribution in [3.63, 3.8) is 0 Å². The van der Waals surface area contributed by atoms with E-state index in [0.717, 1.165) is 44.9 Å². The Balaban J connectivity index is 3.15. The summed E-state index contributed by atoms with van der Waals surface area (Å²) in [6.07, 6.45) is 7.16. The van der Waals surface area contributed by atoms with Crippen LogP contribution in [0.5, 0.6) is 0 Å². The van der Waals surface area contributed by atoms with E-state index in [-0.39, 0.29) is 12.5 Å². The maximum absolute atomic E-state index is 12.5. The van der Waals surface area contributed by atoms with Gasteiger partial charge in [-0.1, -0.05) is 38.5 Å². The van der Waals surface area contributed by atoms with Crippen molar-refractivity contribution in [2.45, 2.75) is 104 Å². The van der Waals surface area contributed by atoms with Gasteiger partial charge in [-0.05, 0) is 47.0 Å². The summed E-state index contributed by atoms with van der Waals surface area (Å²) in [6, 6.07) is 0. The zero-order chi connectivity index (χ0) is 25.1. The highest BCUT2D eigenvalue weighted by Gasteiger charge is 2.21. The lowest BCUT2D eigenvalue weighted by Gasteiger charge is -2.23. The molecule has 1 atom stereocenters. The molecule has 8 heteroatoms. The Morgan fingerprint density at radius 1 is 1.13 bits per heavy atom. The summed E-state index contributed by atoms with van der Waals surface area (Å²) >= 11 is 0. The lowest BCUT2D eigenvalue weighted by atomic mass is 10.1. The van der Waals surface area contributed by atoms with Gasteiger partial charge in [-0.15, -0.1) is 4.99 Å². The summed E-state index contributed by atoms with van der Waals surface area (Å²) in [4.78, 5) is 41.5. The molecule has 1 fully saturated rings. The molecule has 0 aromatic rings. The van der Waals surface area contributed by atoms with Crippen LogP contribution < -0.4 is 5.32 Å². The topological polar surface area (TPSA) is 97.3 Å². The van der Waals surface area contributed by atoms with Gasteiger partial charge >= 0.3 is 12.1 Å². The number of rotatable bonds is 0. The molecule has 0 bridgehead atoms. The van der Waals surface area contributed by atoms with Crippen molar-refractivity contribution in [2.24, 2.45) is 4.99 Å². The van der Waals surface area contributed by atoms with Gasteiger partial charge in [-0.25, -0.2) is 4.79 Å². The normalized spacial score (nSPS) is 25.1. The Kier molecular flexibility index (Phi) is 9.32. The predicted molar refractivity (Wildman–Crippen MR) is 116 cm³/mol. The van der Waals surface area contributed by atoms with E-state index in [2.05, 4.69) is 10.3 Å². The van der Waals surface area contributed by atoms with Gasteiger partial charge < -0.3 is 14.4 Å². The fourth-order valence-corrected chi connectivity index (χ4v) is 3.02. The number of amides is 2. The smallest absolute Gasteiger partial charge is 0.437 e. The standard InChI is InChI=1S/C22H39N3O5/c1-17-14-12-10-8-6-7-9-11-13-15-18(26)23-20(25(5)16-19(27)29-17)24-21(28)30-22(2,3)4/h17H,6-16H2,1-5H3,(H,23,24,26,28)/i5D3. The molecule has 0 spiro atoms. The second kappa shape index (κ2) is 13.2. The zero-order valence-electron chi connectivity index (χ0n) is 21.8. The van der Waals surface area contributed by atoms with Crippen molar-refractivity contribution < 1.29 is 28.0 Å². The van der Waals surface area contributed by atoms with Crippen LogP contribution >= 0.6 is 0 Å². The molecule has 1 N–H and O–H groups in total. The summed E-state index contributed by atoms with van der Waals surface area (Å²) < 4.78 is 34.0. The number of nitrogens with zero attached hydrogens (tertiary/aromatic N) is 2. The predicted octanol–water partition coefficient (Wildman–Crippen LogP) is 4.17. The van der Waals surface area contributed by atoms with Gasteiger partial charge in [0.2, 0.25) is 11.9 Å². The van der Waals surface area contributed by atoms with E-state index in [9.17, 15) is 14.4 Å². The summed E-state index contributed by atoms with van der Waals surface area (Å²) in [7, 11) is 0. The van der Waals surface area contributed by atoms with E-state index in [4.69, 9.17) is 13.6 Å². The van der Waals surface area contributed by atoms with Crippen LogP contribution in [0.4, 0.5) is 4.79 Å². The molecule has 2 amide bonds. The first kappa shape index (κ1) is 21.1. The van der Waals surface area contributed by atoms with Crippen molar-refractivity contribution >= 4 is 23.9 Å². The molecule has 0 radical (unpaired) electrons. The van der Waals surface area contributed by atoms with E-state index in [1.54, 1.807) is 27.7 Å². The van der Waals surface area contributed by atoms with E-state index < -0.39 is 43.1 Å². The Morgan fingerprint density at radius 3 is 2.33 bits per heavy atom. The van der Waals surface area contributed by atoms with Gasteiger partial charge in [-0.3, -0.25) is 14.9 Å². The van der Waals surface area contributed by atoms with E-state index in [1.165, 1.54) is 0 Å². The second-order valence-electron chi connectivity index (χ2n) is 8.72. The minimum Gasteiger partial charge on any atom is -0.461 e. The first-order valence-corrected chi connectivity index (χ1v) is 10.9. The number of nitrogens with one attached hydrogen (secondary N) is 1. The van der Waals surface area contributed by atoms with Gasteiger partial charge in [0.15, 0.2) is 0 Å². The van der Waals surface area contributed by atoms with Gasteiger partial charge in [0, 0.05) is 17.5 Å². The van der Waals surface area contributed by atoms with Gasteiger partial charge in [-0.2, -0.15) is 0 Å². The number of hydrogen-bond donors (Lipinski definition) is 1. The number of carbonyl (C=O) groups excluding carboxylic acids is 3. The summed E-state index contributed by atoms with van der Waals surface area (Å²) in [5.74, 6) is -1.83. The average molecular weight is 429 g/mol. The Hall–Kier alpha value is -2.12. The molecule has 1 heterocycles. The maximum Gasteiger partial charge on any atom is 0.437 e. The second-order valence-corrected chi connectivity index (χ2v) is 8.72. The number of aliphatic imine (C=N–C) groups is 1. The molecule has 0 saturated carbocycles. The van der Waals surface area contributed by atoms with Crippen LogP contribution in [0, 0.1) is 0 Å². The summed E-state index contributed by atoms with van der Waals surface area (Å²) in [5, 5.41) is 2.39. The highest BCUT2D eigenvalue weighted by Crippen LogP contribution is 2.13. The molecule has 1 rings (SSSR count). The monoisotopic (exact) mass is 428 g/mol. The third-order valence-electron chi connectivity index (χ3n) is 4.48. The van der Waals surface area contributed by atoms with Crippen LogP contribution in [0.2, 0.25) is 0 Å². The first-order chi connectivity index (χ1) is 15.3. The summed E-state index contributed by atoms with van der Waals surface area (Å²) in [5.41, 5.74) is -0.875. The van der Waals surface area contributed by atoms with Crippen molar-refractivity contribution in [1.29, 1.82) is 0 Å². The van der Waals surface area contributed by atoms with E-state index in [0.29, 0.717) is 17.7 Å². The minimum atomic E-state index is -2.86. The molecule has 0 aromatic carbocycles. The van der Waals surface area contributed by atoms with Crippen LogP contribution in [0.15, 0.2) is 4.99 Å². The van der Waals surface area contributed by atoms with Crippen molar-refractivity contribution in [3.05, 3.63) is 0 Å². The molecule has 1 aliphatic rings. The number of carbonyl (C=O) groups is 3. The quantitative estimate of drug-likeness (QED) is 0.582. The molecule has 1 unspecified atom stereocenters. The van der Waals surface area contributed by atoms with Crippen molar-refractivity contribution in [1.82, 2.24) is 10.2 Å². The highest BCUT2D eigenvalue weighted by atomic mass is 16.6. The highest BCUT2D eigenvalue weighted by molar-refractivity contribution is 6.01. The Bertz CT molecular complexity index is 690. The number of guanidine groups is 1. The van der Waals surface area contributed by atoms with Crippen LogP contribution in [-0.2, 0) is 19.1 Å². The Labute approximate surface area is 185 Å².